The lowest BCUT2D eigenvalue weighted by molar-refractivity contribution is -0.115. The minimum Gasteiger partial charge on any atom is -0.299 e. The standard InChI is InChI=1S/C18H14BrNO2/c1-2-12-20(17(21)13-19)16-11-7-6-10-15(16)18(22)14-8-4-3-5-9-14/h1,3-11H,12-13H2. The van der Waals surface area contributed by atoms with Crippen molar-refractivity contribution in [2.45, 2.75) is 0 Å². The average Bonchev–Trinajstić information content (AvgIpc) is 2.59. The van der Waals surface area contributed by atoms with Gasteiger partial charge in [0, 0.05) is 11.1 Å². The summed E-state index contributed by atoms with van der Waals surface area (Å²) in [6, 6.07) is 15.9. The molecule has 110 valence electrons. The Balaban J connectivity index is 2.48. The van der Waals surface area contributed by atoms with Crippen LogP contribution < -0.4 is 4.90 Å². The minimum absolute atomic E-state index is 0.115. The lowest BCUT2D eigenvalue weighted by Gasteiger charge is -2.22. The summed E-state index contributed by atoms with van der Waals surface area (Å²) in [5.41, 5.74) is 1.55. The predicted molar refractivity (Wildman–Crippen MR) is 91.3 cm³/mol. The Bertz CT molecular complexity index is 719. The summed E-state index contributed by atoms with van der Waals surface area (Å²) in [6.07, 6.45) is 5.35. The molecule has 0 aromatic heterocycles. The number of carbonyl (C=O) groups excluding carboxylic acids is 2. The van der Waals surface area contributed by atoms with E-state index in [9.17, 15) is 9.59 Å². The van der Waals surface area contributed by atoms with Crippen LogP contribution in [0.2, 0.25) is 0 Å². The Morgan fingerprint density at radius 2 is 1.68 bits per heavy atom. The third kappa shape index (κ3) is 3.44. The number of terminal acetylenes is 1. The second-order valence-corrected chi connectivity index (χ2v) is 5.09. The highest BCUT2D eigenvalue weighted by Gasteiger charge is 2.20. The zero-order chi connectivity index (χ0) is 15.9. The van der Waals surface area contributed by atoms with E-state index in [1.807, 2.05) is 6.07 Å². The number of nitrogens with zero attached hydrogens (tertiary/aromatic N) is 1. The van der Waals surface area contributed by atoms with Crippen molar-refractivity contribution >= 4 is 33.3 Å². The summed E-state index contributed by atoms with van der Waals surface area (Å²) in [6.45, 7) is 0.115. The monoisotopic (exact) mass is 355 g/mol. The van der Waals surface area contributed by atoms with Gasteiger partial charge in [-0.25, -0.2) is 0 Å². The molecule has 2 aromatic rings. The number of amides is 1. The normalized spacial score (nSPS) is 9.82. The molecular formula is C18H14BrNO2. The van der Waals surface area contributed by atoms with Crippen molar-refractivity contribution in [3.63, 3.8) is 0 Å². The van der Waals surface area contributed by atoms with Crippen molar-refractivity contribution < 1.29 is 9.59 Å². The van der Waals surface area contributed by atoms with Gasteiger partial charge in [0.15, 0.2) is 5.78 Å². The highest BCUT2D eigenvalue weighted by atomic mass is 79.9. The van der Waals surface area contributed by atoms with E-state index in [-0.39, 0.29) is 23.6 Å². The van der Waals surface area contributed by atoms with Crippen molar-refractivity contribution in [2.75, 3.05) is 16.8 Å². The van der Waals surface area contributed by atoms with E-state index in [1.54, 1.807) is 48.5 Å². The van der Waals surface area contributed by atoms with E-state index in [0.29, 0.717) is 16.8 Å². The summed E-state index contributed by atoms with van der Waals surface area (Å²) in [5.74, 6) is 2.13. The summed E-state index contributed by atoms with van der Waals surface area (Å²) in [7, 11) is 0. The minimum atomic E-state index is -0.189. The van der Waals surface area contributed by atoms with Gasteiger partial charge < -0.3 is 0 Å². The van der Waals surface area contributed by atoms with E-state index in [0.717, 1.165) is 0 Å². The number of carbonyl (C=O) groups is 2. The van der Waals surface area contributed by atoms with Crippen LogP contribution in [0.5, 0.6) is 0 Å². The SMILES string of the molecule is C#CCN(C(=O)CBr)c1ccccc1C(=O)c1ccccc1. The van der Waals surface area contributed by atoms with Gasteiger partial charge in [-0.05, 0) is 12.1 Å². The Morgan fingerprint density at radius 3 is 2.32 bits per heavy atom. The van der Waals surface area contributed by atoms with Crippen molar-refractivity contribution in [3.05, 3.63) is 65.7 Å². The van der Waals surface area contributed by atoms with E-state index < -0.39 is 0 Å². The Kier molecular flexibility index (Phi) is 5.51. The van der Waals surface area contributed by atoms with E-state index >= 15 is 0 Å². The van der Waals surface area contributed by atoms with Crippen LogP contribution in [0, 0.1) is 12.3 Å². The van der Waals surface area contributed by atoms with Crippen molar-refractivity contribution in [1.29, 1.82) is 0 Å². The zero-order valence-electron chi connectivity index (χ0n) is 11.8. The summed E-state index contributed by atoms with van der Waals surface area (Å²) in [5, 5.41) is 0.141. The molecule has 0 heterocycles. The van der Waals surface area contributed by atoms with Crippen molar-refractivity contribution in [3.8, 4) is 12.3 Å². The highest BCUT2D eigenvalue weighted by Crippen LogP contribution is 2.23. The molecule has 22 heavy (non-hydrogen) atoms. The molecule has 0 saturated carbocycles. The summed E-state index contributed by atoms with van der Waals surface area (Å²) >= 11 is 3.14. The number of rotatable bonds is 5. The van der Waals surface area contributed by atoms with Crippen LogP contribution in [0.4, 0.5) is 5.69 Å². The fraction of sp³-hybridized carbons (Fsp3) is 0.111. The lowest BCUT2D eigenvalue weighted by atomic mass is 10.0. The quantitative estimate of drug-likeness (QED) is 0.468. The number of hydrogen-bond acceptors (Lipinski definition) is 2. The molecule has 0 spiro atoms. The van der Waals surface area contributed by atoms with E-state index in [2.05, 4.69) is 21.9 Å². The molecule has 2 rings (SSSR count). The van der Waals surface area contributed by atoms with Gasteiger partial charge in [0.2, 0.25) is 5.91 Å². The van der Waals surface area contributed by atoms with Gasteiger partial charge in [0.25, 0.3) is 0 Å². The number of para-hydroxylation sites is 1. The van der Waals surface area contributed by atoms with Gasteiger partial charge in [0.05, 0.1) is 17.6 Å². The van der Waals surface area contributed by atoms with Crippen LogP contribution in [0.15, 0.2) is 54.6 Å². The molecule has 0 radical (unpaired) electrons. The molecule has 0 aliphatic rings. The number of anilines is 1. The van der Waals surface area contributed by atoms with Crippen LogP contribution >= 0.6 is 15.9 Å². The first-order valence-corrected chi connectivity index (χ1v) is 7.79. The Hall–Kier alpha value is -2.38. The van der Waals surface area contributed by atoms with Crippen LogP contribution in [-0.2, 0) is 4.79 Å². The van der Waals surface area contributed by atoms with Crippen molar-refractivity contribution in [1.82, 2.24) is 0 Å². The lowest BCUT2D eigenvalue weighted by Crippen LogP contribution is -2.33. The van der Waals surface area contributed by atoms with E-state index in [4.69, 9.17) is 6.42 Å². The second-order valence-electron chi connectivity index (χ2n) is 4.53. The number of alkyl halides is 1. The van der Waals surface area contributed by atoms with Crippen LogP contribution in [0.1, 0.15) is 15.9 Å². The number of ketones is 1. The Morgan fingerprint density at radius 1 is 1.05 bits per heavy atom. The molecule has 0 saturated heterocycles. The molecule has 1 amide bonds. The fourth-order valence-electron chi connectivity index (χ4n) is 2.12. The van der Waals surface area contributed by atoms with E-state index in [1.165, 1.54) is 4.90 Å². The topological polar surface area (TPSA) is 37.4 Å². The third-order valence-corrected chi connectivity index (χ3v) is 3.62. The summed E-state index contributed by atoms with van der Waals surface area (Å²) in [4.78, 5) is 26.2. The van der Waals surface area contributed by atoms with Gasteiger partial charge in [-0.15, -0.1) is 6.42 Å². The molecule has 0 fully saturated rings. The Labute approximate surface area is 138 Å². The summed E-state index contributed by atoms with van der Waals surface area (Å²) < 4.78 is 0. The maximum absolute atomic E-state index is 12.7. The molecule has 0 bridgehead atoms. The number of halogens is 1. The molecular weight excluding hydrogens is 342 g/mol. The zero-order valence-corrected chi connectivity index (χ0v) is 13.4. The molecule has 0 aliphatic carbocycles. The second kappa shape index (κ2) is 7.58. The highest BCUT2D eigenvalue weighted by molar-refractivity contribution is 9.09. The van der Waals surface area contributed by atoms with Crippen LogP contribution in [-0.4, -0.2) is 23.6 Å². The largest absolute Gasteiger partial charge is 0.299 e. The first-order valence-electron chi connectivity index (χ1n) is 6.67. The first-order chi connectivity index (χ1) is 10.7. The molecule has 0 unspecified atom stereocenters. The molecule has 0 N–H and O–H groups in total. The maximum atomic E-state index is 12.7. The number of hydrogen-bond donors (Lipinski definition) is 0. The van der Waals surface area contributed by atoms with Gasteiger partial charge >= 0.3 is 0 Å². The number of benzene rings is 2. The smallest absolute Gasteiger partial charge is 0.238 e. The van der Waals surface area contributed by atoms with Gasteiger partial charge in [0.1, 0.15) is 0 Å². The first kappa shape index (κ1) is 16.0. The average molecular weight is 356 g/mol. The van der Waals surface area contributed by atoms with Crippen molar-refractivity contribution in [2.24, 2.45) is 0 Å². The van der Waals surface area contributed by atoms with Crippen LogP contribution in [0.25, 0.3) is 0 Å². The van der Waals surface area contributed by atoms with Crippen LogP contribution in [0.3, 0.4) is 0 Å². The third-order valence-electron chi connectivity index (χ3n) is 3.14. The predicted octanol–water partition coefficient (Wildman–Crippen LogP) is 3.28. The fourth-order valence-corrected chi connectivity index (χ4v) is 2.42. The molecule has 0 aliphatic heterocycles. The molecule has 3 nitrogen and oxygen atoms in total. The maximum Gasteiger partial charge on any atom is 0.238 e. The van der Waals surface area contributed by atoms with Gasteiger partial charge in [-0.2, -0.15) is 0 Å². The van der Waals surface area contributed by atoms with Gasteiger partial charge in [-0.3, -0.25) is 14.5 Å². The molecule has 4 heteroatoms. The molecule has 0 atom stereocenters. The van der Waals surface area contributed by atoms with Gasteiger partial charge in [-0.1, -0.05) is 64.3 Å². The molecule has 2 aromatic carbocycles.